The molecule has 2 aromatic heterocycles. The second-order valence-electron chi connectivity index (χ2n) is 11.1. The minimum atomic E-state index is -1.20. The van der Waals surface area contributed by atoms with E-state index in [2.05, 4.69) is 32.5 Å². The monoisotopic (exact) mass is 634 g/mol. The molecule has 3 atom stereocenters. The number of ketones is 1. The number of imidazole rings is 1. The third-order valence-electron chi connectivity index (χ3n) is 8.21. The first-order valence-corrected chi connectivity index (χ1v) is 15.1. The summed E-state index contributed by atoms with van der Waals surface area (Å²) in [5.74, 6) is -3.02. The highest BCUT2D eigenvalue weighted by Gasteiger charge is 2.51. The summed E-state index contributed by atoms with van der Waals surface area (Å²) in [5.41, 5.74) is 10.1. The van der Waals surface area contributed by atoms with E-state index in [1.807, 2.05) is 53.1 Å². The number of nitrogens with one attached hydrogen (secondary N) is 1. The van der Waals surface area contributed by atoms with Gasteiger partial charge in [0.1, 0.15) is 24.4 Å². The maximum atomic E-state index is 13.3. The third-order valence-corrected chi connectivity index (χ3v) is 8.51. The highest BCUT2D eigenvalue weighted by molar-refractivity contribution is 6.30. The van der Waals surface area contributed by atoms with Gasteiger partial charge < -0.3 is 20.1 Å². The molecule has 236 valence electrons. The minimum absolute atomic E-state index is 0.0172. The Labute approximate surface area is 264 Å². The Morgan fingerprint density at radius 1 is 1.20 bits per heavy atom. The van der Waals surface area contributed by atoms with Gasteiger partial charge in [0.2, 0.25) is 5.82 Å². The van der Waals surface area contributed by atoms with Gasteiger partial charge in [-0.05, 0) is 41.8 Å². The highest BCUT2D eigenvalue weighted by atomic mass is 35.5. The summed E-state index contributed by atoms with van der Waals surface area (Å²) in [6, 6.07) is 14.9. The fourth-order valence-corrected chi connectivity index (χ4v) is 5.87. The molecule has 0 amide bonds. The number of esters is 1. The van der Waals surface area contributed by atoms with Crippen LogP contribution in [-0.4, -0.2) is 77.7 Å². The number of benzene rings is 2. The fourth-order valence-electron chi connectivity index (χ4n) is 5.61. The number of aliphatic carboxylic acids is 1. The van der Waals surface area contributed by atoms with Gasteiger partial charge in [-0.2, -0.15) is 5.21 Å². The molecule has 0 saturated heterocycles. The van der Waals surface area contributed by atoms with E-state index in [9.17, 15) is 19.5 Å². The van der Waals surface area contributed by atoms with Crippen LogP contribution in [-0.2, 0) is 38.7 Å². The molecule has 0 aliphatic heterocycles. The highest BCUT2D eigenvalue weighted by Crippen LogP contribution is 2.35. The van der Waals surface area contributed by atoms with Gasteiger partial charge in [-0.25, -0.2) is 4.98 Å². The van der Waals surface area contributed by atoms with Crippen LogP contribution in [0.15, 0.2) is 48.5 Å². The van der Waals surface area contributed by atoms with E-state index >= 15 is 0 Å². The number of likely N-dealkylation sites (N-methyl/N-ethyl adjacent to an activating group) is 1. The molecular weight excluding hydrogens is 600 g/mol. The molecule has 4 N–H and O–H groups in total. The van der Waals surface area contributed by atoms with Gasteiger partial charge in [0.15, 0.2) is 10.9 Å². The van der Waals surface area contributed by atoms with Gasteiger partial charge in [0.05, 0.1) is 5.69 Å². The van der Waals surface area contributed by atoms with E-state index in [-0.39, 0.29) is 24.8 Å². The number of aromatic amines is 1. The van der Waals surface area contributed by atoms with Crippen molar-refractivity contribution in [2.75, 3.05) is 13.7 Å². The average molecular weight is 635 g/mol. The number of ether oxygens (including phenoxy) is 1. The summed E-state index contributed by atoms with van der Waals surface area (Å²) in [5, 5.41) is 23.9. The summed E-state index contributed by atoms with van der Waals surface area (Å²) in [6.07, 6.45) is 2.60. The van der Waals surface area contributed by atoms with Gasteiger partial charge in [-0.15, -0.1) is 10.2 Å². The maximum absolute atomic E-state index is 13.3. The van der Waals surface area contributed by atoms with Gasteiger partial charge in [0, 0.05) is 31.1 Å². The number of carbonyl (C=O) groups is 3. The summed E-state index contributed by atoms with van der Waals surface area (Å²) in [7, 11) is 1.59. The van der Waals surface area contributed by atoms with Crippen LogP contribution in [0.25, 0.3) is 22.5 Å². The number of rotatable bonds is 14. The predicted octanol–water partition coefficient (Wildman–Crippen LogP) is 3.32. The summed E-state index contributed by atoms with van der Waals surface area (Å²) in [6.45, 7) is 2.33. The number of unbranched alkanes of at least 4 members (excludes halogenated alkanes) is 1. The smallest absolute Gasteiger partial charge is 0.324 e. The number of aryl methyl sites for hydroxylation is 1. The Balaban J connectivity index is 1.36. The number of aromatic nitrogens is 6. The molecule has 1 saturated carbocycles. The Morgan fingerprint density at radius 3 is 2.56 bits per heavy atom. The number of hydrogen-bond donors (Lipinski definition) is 3. The second-order valence-corrected chi connectivity index (χ2v) is 11.4. The van der Waals surface area contributed by atoms with E-state index < -0.39 is 35.6 Å². The van der Waals surface area contributed by atoms with Crippen LogP contribution in [0.2, 0.25) is 5.15 Å². The molecule has 45 heavy (non-hydrogen) atoms. The first kappa shape index (κ1) is 31.9. The minimum Gasteiger partial charge on any atom is -0.481 e. The van der Waals surface area contributed by atoms with Gasteiger partial charge in [0.25, 0.3) is 0 Å². The largest absolute Gasteiger partial charge is 0.481 e. The summed E-state index contributed by atoms with van der Waals surface area (Å²) >= 11 is 6.61. The van der Waals surface area contributed by atoms with Gasteiger partial charge in [-0.3, -0.25) is 19.3 Å². The van der Waals surface area contributed by atoms with E-state index in [1.165, 1.54) is 4.90 Å². The Hall–Kier alpha value is -4.46. The van der Waals surface area contributed by atoms with Crippen molar-refractivity contribution in [3.05, 3.63) is 70.8 Å². The normalized spacial score (nSPS) is 16.9. The van der Waals surface area contributed by atoms with Crippen molar-refractivity contribution >= 4 is 29.3 Å². The molecule has 0 bridgehead atoms. The van der Waals surface area contributed by atoms with E-state index in [1.54, 1.807) is 7.05 Å². The van der Waals surface area contributed by atoms with Crippen LogP contribution in [0.1, 0.15) is 43.3 Å². The Kier molecular flexibility index (Phi) is 10.0. The molecule has 1 aliphatic rings. The van der Waals surface area contributed by atoms with Crippen molar-refractivity contribution in [2.45, 2.75) is 51.8 Å². The lowest BCUT2D eigenvalue weighted by Gasteiger charge is -2.38. The van der Waals surface area contributed by atoms with Crippen molar-refractivity contribution in [2.24, 2.45) is 17.6 Å². The molecule has 1 fully saturated rings. The van der Waals surface area contributed by atoms with Crippen LogP contribution in [0.4, 0.5) is 0 Å². The van der Waals surface area contributed by atoms with Crippen molar-refractivity contribution in [1.82, 2.24) is 35.1 Å². The first-order chi connectivity index (χ1) is 21.7. The molecule has 13 nitrogen and oxygen atoms in total. The molecule has 4 aromatic rings. The lowest BCUT2D eigenvalue weighted by atomic mass is 9.69. The number of carboxylic acid groups (broad SMARTS) is 1. The Morgan fingerprint density at radius 2 is 1.93 bits per heavy atom. The van der Waals surface area contributed by atoms with E-state index in [0.29, 0.717) is 24.5 Å². The first-order valence-electron chi connectivity index (χ1n) is 14.7. The predicted molar refractivity (Wildman–Crippen MR) is 165 cm³/mol. The molecule has 2 aromatic carbocycles. The number of carboxylic acids is 1. The Bertz CT molecular complexity index is 1660. The van der Waals surface area contributed by atoms with Crippen molar-refractivity contribution in [3.8, 4) is 22.5 Å². The third kappa shape index (κ3) is 6.80. The number of halogens is 1. The van der Waals surface area contributed by atoms with Crippen molar-refractivity contribution in [1.29, 1.82) is 0 Å². The number of tetrazole rings is 1. The molecule has 14 heteroatoms. The van der Waals surface area contributed by atoms with E-state index in [0.717, 1.165) is 40.9 Å². The molecule has 1 aliphatic carbocycles. The van der Waals surface area contributed by atoms with E-state index in [4.69, 9.17) is 22.1 Å². The number of nitrogens with zero attached hydrogens (tertiary/aromatic N) is 6. The lowest BCUT2D eigenvalue weighted by Crippen LogP contribution is -2.57. The fraction of sp³-hybridized carbons (Fsp3) is 0.387. The van der Waals surface area contributed by atoms with Crippen LogP contribution >= 0.6 is 11.6 Å². The number of H-pyrrole nitrogens is 1. The van der Waals surface area contributed by atoms with Crippen molar-refractivity contribution < 1.29 is 24.2 Å². The standard InChI is InChI=1S/C31H35ClN8O5/c1-3-4-9-25-34-28(32)24(16-45-31(44)26(39(2)17-33)22-14-23(27(22)41)30(42)43)40(25)15-18-10-12-19(13-11-18)20-7-5-6-8-21(20)29-35-37-38-36-29/h5-8,10-13,22-23,26H,3-4,9,14-17,33H2,1-2H3,(H,42,43)(H,35,36,37,38)/t22?,23?,26-/m1/s1. The number of carbonyl (C=O) groups excluding carboxylic acids is 2. The number of hydrogen-bond acceptors (Lipinski definition) is 10. The quantitative estimate of drug-likeness (QED) is 0.105. The molecular formula is C31H35ClN8O5. The van der Waals surface area contributed by atoms with Crippen molar-refractivity contribution in [3.63, 3.8) is 0 Å². The lowest BCUT2D eigenvalue weighted by molar-refractivity contribution is -0.166. The molecule has 0 spiro atoms. The van der Waals surface area contributed by atoms with Gasteiger partial charge in [-0.1, -0.05) is 73.5 Å². The molecule has 2 heterocycles. The zero-order chi connectivity index (χ0) is 32.1. The molecule has 5 rings (SSSR count). The van der Waals surface area contributed by atoms with Crippen LogP contribution in [0.5, 0.6) is 0 Å². The topological polar surface area (TPSA) is 182 Å². The maximum Gasteiger partial charge on any atom is 0.324 e. The SMILES string of the molecule is CCCCc1nc(Cl)c(COC(=O)[C@@H](C2CC(C(=O)O)C2=O)N(C)CN)n1Cc1ccc(-c2ccccc2-c2nn[nH]n2)cc1. The number of nitrogens with two attached hydrogens (primary N) is 1. The molecule has 2 unspecified atom stereocenters. The second kappa shape index (κ2) is 14.1. The summed E-state index contributed by atoms with van der Waals surface area (Å²) < 4.78 is 7.68. The van der Waals surface area contributed by atoms with Crippen LogP contribution < -0.4 is 5.73 Å². The van der Waals surface area contributed by atoms with Crippen LogP contribution in [0, 0.1) is 11.8 Å². The summed E-state index contributed by atoms with van der Waals surface area (Å²) in [4.78, 5) is 43.3. The average Bonchev–Trinajstić information content (AvgIpc) is 3.68. The zero-order valence-corrected chi connectivity index (χ0v) is 25.8. The molecule has 0 radical (unpaired) electrons. The van der Waals surface area contributed by atoms with Gasteiger partial charge >= 0.3 is 11.9 Å². The zero-order valence-electron chi connectivity index (χ0n) is 25.0. The number of Topliss-reactive ketones (excluding diaryl/α,β-unsaturated/α-hetero) is 1. The van der Waals surface area contributed by atoms with Crippen LogP contribution in [0.3, 0.4) is 0 Å².